The van der Waals surface area contributed by atoms with Crippen molar-refractivity contribution in [3.05, 3.63) is 36.4 Å². The Morgan fingerprint density at radius 2 is 2.05 bits per heavy atom. The van der Waals surface area contributed by atoms with E-state index in [-0.39, 0.29) is 30.9 Å². The second kappa shape index (κ2) is 10.7. The molecular formula is C16H26Cl2N2O2. The highest BCUT2D eigenvalue weighted by Gasteiger charge is 2.24. The average Bonchev–Trinajstić information content (AvgIpc) is 2.50. The number of aromatic hydroxyl groups is 1. The van der Waals surface area contributed by atoms with Gasteiger partial charge in [-0.2, -0.15) is 0 Å². The molecule has 1 aliphatic heterocycles. The summed E-state index contributed by atoms with van der Waals surface area (Å²) < 4.78 is 5.16. The molecule has 1 fully saturated rings. The Morgan fingerprint density at radius 3 is 2.59 bits per heavy atom. The number of phenols is 1. The zero-order chi connectivity index (χ0) is 14.4. The van der Waals surface area contributed by atoms with Gasteiger partial charge in [0.1, 0.15) is 11.5 Å². The number of hydrogen-bond acceptors (Lipinski definition) is 4. The number of piperazine rings is 1. The highest BCUT2D eigenvalue weighted by molar-refractivity contribution is 5.85. The Hall–Kier alpha value is -0.940. The van der Waals surface area contributed by atoms with E-state index in [0.29, 0.717) is 11.5 Å². The highest BCUT2D eigenvalue weighted by atomic mass is 35.5. The van der Waals surface area contributed by atoms with Gasteiger partial charge in [-0.3, -0.25) is 4.90 Å². The Bertz CT molecular complexity index is 452. The molecule has 1 aliphatic rings. The van der Waals surface area contributed by atoms with Crippen LogP contribution >= 0.6 is 24.8 Å². The van der Waals surface area contributed by atoms with Gasteiger partial charge in [0.05, 0.1) is 7.11 Å². The van der Waals surface area contributed by atoms with Gasteiger partial charge in [0.2, 0.25) is 0 Å². The van der Waals surface area contributed by atoms with Gasteiger partial charge >= 0.3 is 0 Å². The minimum atomic E-state index is 0. The van der Waals surface area contributed by atoms with Crippen molar-refractivity contribution in [2.75, 3.05) is 33.3 Å². The molecule has 0 aliphatic carbocycles. The molecule has 22 heavy (non-hydrogen) atoms. The number of rotatable bonds is 6. The molecule has 1 atom stereocenters. The molecule has 0 radical (unpaired) electrons. The van der Waals surface area contributed by atoms with Crippen LogP contribution in [0.4, 0.5) is 0 Å². The standard InChI is InChI=1S/C16H24N2O2.2ClH/c1-3-4-5-15(18-10-8-17-9-11-18)14-7-6-13(20-2)12-16(14)19;;/h3,6-7,12,15,17,19H,1,4-5,8-11H2,2H3;2*1H/t15-;;/m0../s1. The van der Waals surface area contributed by atoms with E-state index in [2.05, 4.69) is 16.8 Å². The molecule has 0 saturated carbocycles. The molecule has 6 heteroatoms. The Morgan fingerprint density at radius 1 is 1.36 bits per heavy atom. The second-order valence-corrected chi connectivity index (χ2v) is 5.09. The lowest BCUT2D eigenvalue weighted by Crippen LogP contribution is -2.45. The molecular weight excluding hydrogens is 323 g/mol. The van der Waals surface area contributed by atoms with Gasteiger partial charge in [0, 0.05) is 43.9 Å². The van der Waals surface area contributed by atoms with Gasteiger partial charge in [-0.25, -0.2) is 0 Å². The number of halogens is 2. The van der Waals surface area contributed by atoms with Crippen molar-refractivity contribution in [2.24, 2.45) is 0 Å². The molecule has 0 amide bonds. The fourth-order valence-corrected chi connectivity index (χ4v) is 2.74. The smallest absolute Gasteiger partial charge is 0.124 e. The minimum absolute atomic E-state index is 0. The van der Waals surface area contributed by atoms with Crippen LogP contribution in [-0.4, -0.2) is 43.3 Å². The van der Waals surface area contributed by atoms with Crippen LogP contribution in [0.1, 0.15) is 24.4 Å². The van der Waals surface area contributed by atoms with Crippen molar-refractivity contribution in [1.29, 1.82) is 0 Å². The number of methoxy groups -OCH3 is 1. The quantitative estimate of drug-likeness (QED) is 0.775. The van der Waals surface area contributed by atoms with E-state index in [9.17, 15) is 5.11 Å². The van der Waals surface area contributed by atoms with Gasteiger partial charge < -0.3 is 15.2 Å². The summed E-state index contributed by atoms with van der Waals surface area (Å²) >= 11 is 0. The number of hydrogen-bond donors (Lipinski definition) is 2. The van der Waals surface area contributed by atoms with Crippen LogP contribution in [0.5, 0.6) is 11.5 Å². The molecule has 0 aromatic heterocycles. The minimum Gasteiger partial charge on any atom is -0.507 e. The number of nitrogens with one attached hydrogen (secondary N) is 1. The number of allylic oxidation sites excluding steroid dienone is 1. The molecule has 1 aromatic carbocycles. The molecule has 0 spiro atoms. The first-order valence-corrected chi connectivity index (χ1v) is 7.19. The molecule has 1 heterocycles. The van der Waals surface area contributed by atoms with Gasteiger partial charge in [-0.1, -0.05) is 12.1 Å². The molecule has 2 N–H and O–H groups in total. The predicted octanol–water partition coefficient (Wildman–Crippen LogP) is 3.16. The van der Waals surface area contributed by atoms with Crippen LogP contribution in [0.15, 0.2) is 30.9 Å². The SMILES string of the molecule is C=CCC[C@@H](c1ccc(OC)cc1O)N1CCNCC1.Cl.Cl. The average molecular weight is 349 g/mol. The van der Waals surface area contributed by atoms with Crippen molar-refractivity contribution < 1.29 is 9.84 Å². The monoisotopic (exact) mass is 348 g/mol. The maximum absolute atomic E-state index is 10.3. The first kappa shape index (κ1) is 21.1. The summed E-state index contributed by atoms with van der Waals surface area (Å²) in [7, 11) is 1.61. The summed E-state index contributed by atoms with van der Waals surface area (Å²) in [5.41, 5.74) is 0.981. The maximum Gasteiger partial charge on any atom is 0.124 e. The van der Waals surface area contributed by atoms with E-state index < -0.39 is 0 Å². The lowest BCUT2D eigenvalue weighted by atomic mass is 9.98. The van der Waals surface area contributed by atoms with Crippen LogP contribution in [-0.2, 0) is 0 Å². The largest absolute Gasteiger partial charge is 0.507 e. The van der Waals surface area contributed by atoms with E-state index in [1.165, 1.54) is 0 Å². The number of benzene rings is 1. The maximum atomic E-state index is 10.3. The molecule has 1 saturated heterocycles. The van der Waals surface area contributed by atoms with E-state index in [1.54, 1.807) is 13.2 Å². The van der Waals surface area contributed by atoms with E-state index >= 15 is 0 Å². The summed E-state index contributed by atoms with van der Waals surface area (Å²) in [5, 5.41) is 13.6. The summed E-state index contributed by atoms with van der Waals surface area (Å²) in [6.45, 7) is 7.83. The molecule has 126 valence electrons. The fraction of sp³-hybridized carbons (Fsp3) is 0.500. The first-order chi connectivity index (χ1) is 9.76. The van der Waals surface area contributed by atoms with E-state index in [4.69, 9.17) is 4.74 Å². The van der Waals surface area contributed by atoms with E-state index in [0.717, 1.165) is 44.6 Å². The van der Waals surface area contributed by atoms with Crippen molar-refractivity contribution in [3.8, 4) is 11.5 Å². The first-order valence-electron chi connectivity index (χ1n) is 7.19. The molecule has 0 unspecified atom stereocenters. The van der Waals surface area contributed by atoms with Crippen molar-refractivity contribution in [1.82, 2.24) is 10.2 Å². The summed E-state index contributed by atoms with van der Waals surface area (Å²) in [5.74, 6) is 1.01. The van der Waals surface area contributed by atoms with Crippen LogP contribution in [0.3, 0.4) is 0 Å². The summed E-state index contributed by atoms with van der Waals surface area (Å²) in [6.07, 6.45) is 3.86. The third-order valence-corrected chi connectivity index (χ3v) is 3.83. The van der Waals surface area contributed by atoms with Crippen molar-refractivity contribution in [2.45, 2.75) is 18.9 Å². The zero-order valence-electron chi connectivity index (χ0n) is 13.0. The van der Waals surface area contributed by atoms with Gasteiger partial charge in [0.15, 0.2) is 0 Å². The van der Waals surface area contributed by atoms with Gasteiger partial charge in [-0.15, -0.1) is 31.4 Å². The molecule has 0 bridgehead atoms. The molecule has 4 nitrogen and oxygen atoms in total. The third kappa shape index (κ3) is 5.36. The van der Waals surface area contributed by atoms with Crippen LogP contribution < -0.4 is 10.1 Å². The number of phenolic OH excluding ortho intramolecular Hbond substituents is 1. The van der Waals surface area contributed by atoms with E-state index in [1.807, 2.05) is 18.2 Å². The number of ether oxygens (including phenoxy) is 1. The predicted molar refractivity (Wildman–Crippen MR) is 95.8 cm³/mol. The summed E-state index contributed by atoms with van der Waals surface area (Å²) in [6, 6.07) is 5.82. The van der Waals surface area contributed by atoms with Crippen molar-refractivity contribution >= 4 is 24.8 Å². The highest BCUT2D eigenvalue weighted by Crippen LogP contribution is 2.34. The van der Waals surface area contributed by atoms with Crippen LogP contribution in [0, 0.1) is 0 Å². The summed E-state index contributed by atoms with van der Waals surface area (Å²) in [4.78, 5) is 2.43. The topological polar surface area (TPSA) is 44.7 Å². The van der Waals surface area contributed by atoms with Crippen LogP contribution in [0.25, 0.3) is 0 Å². The number of nitrogens with zero attached hydrogens (tertiary/aromatic N) is 1. The molecule has 2 rings (SSSR count). The second-order valence-electron chi connectivity index (χ2n) is 5.09. The lowest BCUT2D eigenvalue weighted by Gasteiger charge is -2.35. The normalized spacial score (nSPS) is 16.0. The fourth-order valence-electron chi connectivity index (χ4n) is 2.74. The Kier molecular flexibility index (Phi) is 10.3. The lowest BCUT2D eigenvalue weighted by molar-refractivity contribution is 0.163. The Balaban J connectivity index is 0.00000220. The van der Waals surface area contributed by atoms with Crippen molar-refractivity contribution in [3.63, 3.8) is 0 Å². The van der Waals surface area contributed by atoms with Gasteiger partial charge in [-0.05, 0) is 18.9 Å². The zero-order valence-corrected chi connectivity index (χ0v) is 14.6. The third-order valence-electron chi connectivity index (χ3n) is 3.83. The Labute approximate surface area is 145 Å². The van der Waals surface area contributed by atoms with Gasteiger partial charge in [0.25, 0.3) is 0 Å². The molecule has 1 aromatic rings. The van der Waals surface area contributed by atoms with Crippen LogP contribution in [0.2, 0.25) is 0 Å².